The summed E-state index contributed by atoms with van der Waals surface area (Å²) in [5.74, 6) is 0.721. The van der Waals surface area contributed by atoms with Gasteiger partial charge in [0.1, 0.15) is 11.5 Å². The van der Waals surface area contributed by atoms with E-state index in [0.29, 0.717) is 26.6 Å². The Morgan fingerprint density at radius 3 is 1.65 bits per heavy atom. The van der Waals surface area contributed by atoms with Crippen LogP contribution in [0.1, 0.15) is 0 Å². The summed E-state index contributed by atoms with van der Waals surface area (Å²) >= 11 is 18.6. The smallest absolute Gasteiger partial charge is 0.283 e. The van der Waals surface area contributed by atoms with Crippen LogP contribution < -0.4 is 9.47 Å². The Bertz CT molecular complexity index is 1300. The van der Waals surface area contributed by atoms with Crippen LogP contribution in [0.2, 0.25) is 15.1 Å². The van der Waals surface area contributed by atoms with E-state index < -0.39 is 9.84 Å². The van der Waals surface area contributed by atoms with E-state index in [1.54, 1.807) is 48.5 Å². The average Bonchev–Trinajstić information content (AvgIpc) is 3.15. The molecule has 5 nitrogen and oxygen atoms in total. The predicted molar refractivity (Wildman–Crippen MR) is 122 cm³/mol. The SMILES string of the molecule is O=S(=O)(c1ccc(Cl)cc1)c1sc(Oc2ccc(Cl)cc2)nc1Oc1ccc(Cl)cc1. The highest BCUT2D eigenvalue weighted by atomic mass is 35.5. The molecule has 0 saturated carbocycles. The van der Waals surface area contributed by atoms with E-state index in [2.05, 4.69) is 4.98 Å². The number of aromatic nitrogens is 1. The largest absolute Gasteiger partial charge is 0.437 e. The number of ether oxygens (including phenoxy) is 2. The second-order valence-corrected chi connectivity index (χ2v) is 10.6. The summed E-state index contributed by atoms with van der Waals surface area (Å²) in [6, 6.07) is 18.9. The van der Waals surface area contributed by atoms with Crippen LogP contribution in [-0.2, 0) is 9.84 Å². The van der Waals surface area contributed by atoms with Crippen LogP contribution in [0.15, 0.2) is 81.9 Å². The van der Waals surface area contributed by atoms with Crippen molar-refractivity contribution in [2.75, 3.05) is 0 Å². The van der Waals surface area contributed by atoms with Gasteiger partial charge < -0.3 is 9.47 Å². The lowest BCUT2D eigenvalue weighted by molar-refractivity contribution is 0.433. The van der Waals surface area contributed by atoms with Crippen LogP contribution in [0.3, 0.4) is 0 Å². The van der Waals surface area contributed by atoms with Crippen molar-refractivity contribution in [3.63, 3.8) is 0 Å². The normalized spacial score (nSPS) is 11.3. The molecule has 0 bridgehead atoms. The van der Waals surface area contributed by atoms with Gasteiger partial charge in [-0.3, -0.25) is 0 Å². The molecule has 158 valence electrons. The first-order valence-electron chi connectivity index (χ1n) is 8.69. The Morgan fingerprint density at radius 1 is 0.677 bits per heavy atom. The lowest BCUT2D eigenvalue weighted by Crippen LogP contribution is -2.01. The third kappa shape index (κ3) is 5.14. The van der Waals surface area contributed by atoms with Crippen molar-refractivity contribution in [2.45, 2.75) is 9.10 Å². The van der Waals surface area contributed by atoms with E-state index in [1.807, 2.05) is 0 Å². The molecule has 0 spiro atoms. The molecule has 1 aromatic heterocycles. The number of halogens is 3. The number of benzene rings is 3. The molecule has 0 aliphatic rings. The highest BCUT2D eigenvalue weighted by molar-refractivity contribution is 7.93. The minimum Gasteiger partial charge on any atom is -0.437 e. The topological polar surface area (TPSA) is 65.5 Å². The Balaban J connectivity index is 1.75. The molecule has 4 rings (SSSR count). The van der Waals surface area contributed by atoms with Crippen molar-refractivity contribution in [1.82, 2.24) is 4.98 Å². The van der Waals surface area contributed by atoms with E-state index in [1.165, 1.54) is 24.3 Å². The van der Waals surface area contributed by atoms with Gasteiger partial charge >= 0.3 is 0 Å². The van der Waals surface area contributed by atoms with Crippen LogP contribution in [0.25, 0.3) is 0 Å². The Hall–Kier alpha value is -2.29. The molecule has 4 aromatic rings. The maximum Gasteiger partial charge on any atom is 0.283 e. The van der Waals surface area contributed by atoms with Gasteiger partial charge in [0.2, 0.25) is 9.84 Å². The summed E-state index contributed by atoms with van der Waals surface area (Å²) in [7, 11) is -3.95. The molecule has 0 aliphatic heterocycles. The van der Waals surface area contributed by atoms with Crippen LogP contribution in [0, 0.1) is 0 Å². The summed E-state index contributed by atoms with van der Waals surface area (Å²) in [6.07, 6.45) is 0. The van der Waals surface area contributed by atoms with Gasteiger partial charge in [-0.25, -0.2) is 8.42 Å². The summed E-state index contributed by atoms with van der Waals surface area (Å²) in [5, 5.41) is 1.59. The molecule has 1 heterocycles. The number of sulfone groups is 1. The molecule has 3 aromatic carbocycles. The molecule has 0 radical (unpaired) electrons. The fourth-order valence-corrected chi connectivity index (χ4v) is 5.44. The van der Waals surface area contributed by atoms with Crippen molar-refractivity contribution in [3.05, 3.63) is 87.9 Å². The zero-order chi connectivity index (χ0) is 22.0. The average molecular weight is 513 g/mol. The van der Waals surface area contributed by atoms with Crippen molar-refractivity contribution in [2.24, 2.45) is 0 Å². The van der Waals surface area contributed by atoms with Gasteiger partial charge in [0.25, 0.3) is 11.1 Å². The van der Waals surface area contributed by atoms with E-state index in [0.717, 1.165) is 11.3 Å². The molecule has 0 N–H and O–H groups in total. The van der Waals surface area contributed by atoms with Gasteiger partial charge in [-0.2, -0.15) is 4.98 Å². The minimum absolute atomic E-state index is 0.0551. The lowest BCUT2D eigenvalue weighted by Gasteiger charge is -2.06. The van der Waals surface area contributed by atoms with Crippen molar-refractivity contribution in [1.29, 1.82) is 0 Å². The third-order valence-corrected chi connectivity index (χ3v) is 7.89. The Kier molecular flexibility index (Phi) is 6.41. The highest BCUT2D eigenvalue weighted by Gasteiger charge is 2.29. The highest BCUT2D eigenvalue weighted by Crippen LogP contribution is 2.41. The van der Waals surface area contributed by atoms with Crippen molar-refractivity contribution < 1.29 is 17.9 Å². The monoisotopic (exact) mass is 511 g/mol. The van der Waals surface area contributed by atoms with Crippen molar-refractivity contribution in [3.8, 4) is 22.6 Å². The first-order valence-corrected chi connectivity index (χ1v) is 12.1. The molecular formula is C21H12Cl3NO4S2. The molecule has 0 saturated heterocycles. The number of hydrogen-bond acceptors (Lipinski definition) is 6. The Morgan fingerprint density at radius 2 is 1.13 bits per heavy atom. The predicted octanol–water partition coefficient (Wildman–Crippen LogP) is 7.52. The fourth-order valence-electron chi connectivity index (χ4n) is 2.49. The molecule has 0 unspecified atom stereocenters. The lowest BCUT2D eigenvalue weighted by atomic mass is 10.3. The molecule has 31 heavy (non-hydrogen) atoms. The molecule has 0 amide bonds. The number of thiazole rings is 1. The first kappa shape index (κ1) is 21.9. The molecule has 0 fully saturated rings. The van der Waals surface area contributed by atoms with E-state index in [4.69, 9.17) is 44.3 Å². The van der Waals surface area contributed by atoms with E-state index in [9.17, 15) is 8.42 Å². The number of rotatable bonds is 6. The van der Waals surface area contributed by atoms with Crippen molar-refractivity contribution >= 4 is 56.0 Å². The van der Waals surface area contributed by atoms with Gasteiger partial charge in [0, 0.05) is 15.1 Å². The van der Waals surface area contributed by atoms with Gasteiger partial charge in [-0.1, -0.05) is 46.1 Å². The maximum absolute atomic E-state index is 13.3. The quantitative estimate of drug-likeness (QED) is 0.267. The summed E-state index contributed by atoms with van der Waals surface area (Å²) in [4.78, 5) is 4.31. The second kappa shape index (κ2) is 9.06. The maximum atomic E-state index is 13.3. The third-order valence-electron chi connectivity index (χ3n) is 3.96. The molecule has 10 heteroatoms. The summed E-state index contributed by atoms with van der Waals surface area (Å²) < 4.78 is 37.9. The first-order chi connectivity index (χ1) is 14.8. The van der Waals surface area contributed by atoms with E-state index >= 15 is 0 Å². The van der Waals surface area contributed by atoms with Gasteiger partial charge in [0.05, 0.1) is 4.90 Å². The van der Waals surface area contributed by atoms with Crippen LogP contribution in [-0.4, -0.2) is 13.4 Å². The molecule has 0 atom stereocenters. The zero-order valence-corrected chi connectivity index (χ0v) is 19.4. The second-order valence-electron chi connectivity index (χ2n) is 6.14. The molecular weight excluding hydrogens is 501 g/mol. The zero-order valence-electron chi connectivity index (χ0n) is 15.5. The fraction of sp³-hybridized carbons (Fsp3) is 0. The van der Waals surface area contributed by atoms with E-state index in [-0.39, 0.29) is 20.2 Å². The summed E-state index contributed by atoms with van der Waals surface area (Å²) in [6.45, 7) is 0. The molecule has 0 aliphatic carbocycles. The minimum atomic E-state index is -3.95. The van der Waals surface area contributed by atoms with Crippen LogP contribution >= 0.6 is 46.1 Å². The number of hydrogen-bond donors (Lipinski definition) is 0. The van der Waals surface area contributed by atoms with Gasteiger partial charge in [-0.15, -0.1) is 0 Å². The van der Waals surface area contributed by atoms with Crippen LogP contribution in [0.5, 0.6) is 22.6 Å². The standard InChI is InChI=1S/C21H12Cl3NO4S2/c22-13-1-7-16(8-2-13)28-19-20(31(26,27)18-11-5-15(24)6-12-18)30-21(25-19)29-17-9-3-14(23)4-10-17/h1-12H. The Labute approximate surface area is 197 Å². The number of nitrogens with zero attached hydrogens (tertiary/aromatic N) is 1. The van der Waals surface area contributed by atoms with Crippen LogP contribution in [0.4, 0.5) is 0 Å². The summed E-state index contributed by atoms with van der Waals surface area (Å²) in [5.41, 5.74) is 0. The van der Waals surface area contributed by atoms with Gasteiger partial charge in [-0.05, 0) is 72.8 Å². The van der Waals surface area contributed by atoms with Gasteiger partial charge in [0.15, 0.2) is 4.21 Å².